The lowest BCUT2D eigenvalue weighted by Gasteiger charge is -2.14. The number of nitrogens with zero attached hydrogens (tertiary/aromatic N) is 3. The molecule has 1 amide bonds. The van der Waals surface area contributed by atoms with Gasteiger partial charge in [0, 0.05) is 18.3 Å². The number of amides is 1. The van der Waals surface area contributed by atoms with E-state index >= 15 is 0 Å². The van der Waals surface area contributed by atoms with Gasteiger partial charge in [0.05, 0.1) is 28.5 Å². The van der Waals surface area contributed by atoms with Crippen molar-refractivity contribution in [2.75, 3.05) is 10.8 Å². The highest BCUT2D eigenvalue weighted by Crippen LogP contribution is 2.33. The lowest BCUT2D eigenvalue weighted by Crippen LogP contribution is -2.31. The molecule has 45 heavy (non-hydrogen) atoms. The van der Waals surface area contributed by atoms with Crippen LogP contribution in [-0.2, 0) is 27.7 Å². The highest BCUT2D eigenvalue weighted by atomic mass is 35.5. The van der Waals surface area contributed by atoms with Gasteiger partial charge in [-0.15, -0.1) is 0 Å². The summed E-state index contributed by atoms with van der Waals surface area (Å²) in [5.41, 5.74) is 3.71. The third kappa shape index (κ3) is 6.56. The van der Waals surface area contributed by atoms with Crippen LogP contribution in [0, 0.1) is 0 Å². The number of halogens is 4. The Bertz CT molecular complexity index is 2020. The molecule has 0 radical (unpaired) electrons. The van der Waals surface area contributed by atoms with Crippen LogP contribution in [0.25, 0.3) is 34.5 Å². The third-order valence-corrected chi connectivity index (χ3v) is 8.95. The quantitative estimate of drug-likeness (QED) is 0.201. The summed E-state index contributed by atoms with van der Waals surface area (Å²) in [6.45, 7) is 0.0957. The first kappa shape index (κ1) is 30.3. The van der Waals surface area contributed by atoms with Gasteiger partial charge in [0.25, 0.3) is 5.91 Å². The molecule has 1 aliphatic heterocycles. The van der Waals surface area contributed by atoms with Crippen LogP contribution in [-0.4, -0.2) is 30.4 Å². The van der Waals surface area contributed by atoms with Crippen LogP contribution in [0.4, 0.5) is 18.9 Å². The van der Waals surface area contributed by atoms with Crippen molar-refractivity contribution < 1.29 is 26.4 Å². The van der Waals surface area contributed by atoms with Crippen molar-refractivity contribution in [3.63, 3.8) is 0 Å². The molecule has 1 N–H and O–H groups in total. The highest BCUT2D eigenvalue weighted by Gasteiger charge is 2.35. The summed E-state index contributed by atoms with van der Waals surface area (Å²) < 4.78 is 68.8. The number of alkyl halides is 3. The van der Waals surface area contributed by atoms with Crippen molar-refractivity contribution >= 4 is 45.6 Å². The second-order valence-electron chi connectivity index (χ2n) is 10.3. The average Bonchev–Trinajstić information content (AvgIpc) is 3.54. The first-order valence-electron chi connectivity index (χ1n) is 13.7. The van der Waals surface area contributed by atoms with E-state index in [1.807, 2.05) is 53.2 Å². The maximum absolute atomic E-state index is 13.2. The molecule has 0 atom stereocenters. The van der Waals surface area contributed by atoms with E-state index in [1.165, 1.54) is 6.07 Å². The van der Waals surface area contributed by atoms with Crippen LogP contribution >= 0.6 is 11.6 Å². The molecule has 0 aliphatic carbocycles. The Morgan fingerprint density at radius 2 is 1.62 bits per heavy atom. The van der Waals surface area contributed by atoms with Gasteiger partial charge in [0.1, 0.15) is 5.82 Å². The van der Waals surface area contributed by atoms with Crippen molar-refractivity contribution in [1.82, 2.24) is 14.3 Å². The first-order valence-corrected chi connectivity index (χ1v) is 15.5. The first-order chi connectivity index (χ1) is 21.5. The number of carbonyl (C=O) groups excluding carboxylic acids is 1. The molecule has 1 saturated heterocycles. The van der Waals surface area contributed by atoms with Crippen molar-refractivity contribution in [1.29, 1.82) is 0 Å². The Balaban J connectivity index is 1.28. The lowest BCUT2D eigenvalue weighted by molar-refractivity contribution is -0.137. The van der Waals surface area contributed by atoms with Crippen LogP contribution in [0.15, 0.2) is 103 Å². The zero-order valence-electron chi connectivity index (χ0n) is 23.4. The molecule has 228 valence electrons. The van der Waals surface area contributed by atoms with E-state index in [0.717, 1.165) is 33.1 Å². The monoisotopic (exact) mass is 648 g/mol. The Morgan fingerprint density at radius 1 is 0.889 bits per heavy atom. The molecule has 4 aromatic carbocycles. The summed E-state index contributed by atoms with van der Waals surface area (Å²) in [5.74, 6) is 0.0504. The molecule has 12 heteroatoms. The number of anilines is 1. The maximum Gasteiger partial charge on any atom is 0.416 e. The van der Waals surface area contributed by atoms with Crippen LogP contribution in [0.5, 0.6) is 0 Å². The molecule has 6 rings (SSSR count). The largest absolute Gasteiger partial charge is 0.416 e. The van der Waals surface area contributed by atoms with Crippen molar-refractivity contribution in [2.24, 2.45) is 0 Å². The van der Waals surface area contributed by atoms with Gasteiger partial charge in [0.2, 0.25) is 0 Å². The van der Waals surface area contributed by atoms with Gasteiger partial charge in [-0.3, -0.25) is 4.79 Å². The topological polar surface area (TPSA) is 84.3 Å². The van der Waals surface area contributed by atoms with Crippen LogP contribution in [0.2, 0.25) is 5.02 Å². The molecule has 2 heterocycles. The van der Waals surface area contributed by atoms with E-state index in [2.05, 4.69) is 4.72 Å². The summed E-state index contributed by atoms with van der Waals surface area (Å²) in [7, 11) is -3.91. The van der Waals surface area contributed by atoms with Crippen molar-refractivity contribution in [3.8, 4) is 22.4 Å². The SMILES string of the molecule is O=C1CNS(=O)(=O)N1c1ccc(Cn2cc(-c3ccccc3Cl)nc2/C=C/c2ccc(-c3cccc(C(F)(F)F)c3)cc2)cc1. The molecule has 1 fully saturated rings. The summed E-state index contributed by atoms with van der Waals surface area (Å²) in [6.07, 6.45) is 1.13. The third-order valence-electron chi connectivity index (χ3n) is 7.21. The van der Waals surface area contributed by atoms with Gasteiger partial charge in [-0.05, 0) is 58.7 Å². The Morgan fingerprint density at radius 3 is 2.29 bits per heavy atom. The molecule has 5 aromatic rings. The van der Waals surface area contributed by atoms with Gasteiger partial charge >= 0.3 is 16.4 Å². The number of nitrogens with one attached hydrogen (secondary N) is 1. The minimum Gasteiger partial charge on any atom is -0.326 e. The molecular formula is C33H24ClF3N4O3S. The fraction of sp³-hybridized carbons (Fsp3) is 0.0909. The normalized spacial score (nSPS) is 14.8. The van der Waals surface area contributed by atoms with E-state index in [9.17, 15) is 26.4 Å². The fourth-order valence-corrected chi connectivity index (χ4v) is 6.36. The molecular weight excluding hydrogens is 625 g/mol. The standard InChI is InChI=1S/C33H24ClF3N4O3S/c34-29-7-2-1-6-28(29)30-21-40(20-23-10-15-27(16-11-23)41-32(42)19-38-45(41,43)44)31(39-30)17-12-22-8-13-24(14-9-22)25-4-3-5-26(18-25)33(35,36)37/h1-18,21,38H,19-20H2/b17-12+. The van der Waals surface area contributed by atoms with E-state index < -0.39 is 27.9 Å². The number of imidazole rings is 1. The van der Waals surface area contributed by atoms with Crippen LogP contribution in [0.1, 0.15) is 22.5 Å². The summed E-state index contributed by atoms with van der Waals surface area (Å²) in [5, 5.41) is 0.539. The van der Waals surface area contributed by atoms with Crippen molar-refractivity contribution in [2.45, 2.75) is 12.7 Å². The zero-order valence-corrected chi connectivity index (χ0v) is 24.9. The van der Waals surface area contributed by atoms with E-state index in [0.29, 0.717) is 34.2 Å². The van der Waals surface area contributed by atoms with Crippen LogP contribution in [0.3, 0.4) is 0 Å². The molecule has 1 aliphatic rings. The van der Waals surface area contributed by atoms with Gasteiger partial charge in [-0.1, -0.05) is 84.4 Å². The predicted octanol–water partition coefficient (Wildman–Crippen LogP) is 7.29. The molecule has 0 spiro atoms. The number of carbonyl (C=O) groups is 1. The Hall–Kier alpha value is -4.71. The second-order valence-corrected chi connectivity index (χ2v) is 12.3. The maximum atomic E-state index is 13.2. The van der Waals surface area contributed by atoms with E-state index in [1.54, 1.807) is 48.5 Å². The minimum atomic E-state index is -4.42. The average molecular weight is 649 g/mol. The lowest BCUT2D eigenvalue weighted by atomic mass is 10.0. The molecule has 1 aromatic heterocycles. The number of rotatable bonds is 7. The van der Waals surface area contributed by atoms with Crippen molar-refractivity contribution in [3.05, 3.63) is 131 Å². The fourth-order valence-electron chi connectivity index (χ4n) is 4.96. The predicted molar refractivity (Wildman–Crippen MR) is 168 cm³/mol. The minimum absolute atomic E-state index is 0.241. The Kier molecular flexibility index (Phi) is 8.08. The Labute approximate surface area is 262 Å². The smallest absolute Gasteiger partial charge is 0.326 e. The number of aromatic nitrogens is 2. The molecule has 0 saturated carbocycles. The summed E-state index contributed by atoms with van der Waals surface area (Å²) in [4.78, 5) is 16.9. The second kappa shape index (κ2) is 12.0. The molecule has 7 nitrogen and oxygen atoms in total. The summed E-state index contributed by atoms with van der Waals surface area (Å²) in [6, 6.07) is 26.3. The number of hydrogen-bond acceptors (Lipinski definition) is 4. The molecule has 0 bridgehead atoms. The zero-order chi connectivity index (χ0) is 31.8. The van der Waals surface area contributed by atoms with E-state index in [-0.39, 0.29) is 12.2 Å². The van der Waals surface area contributed by atoms with E-state index in [4.69, 9.17) is 16.6 Å². The number of hydrogen-bond donors (Lipinski definition) is 1. The molecule has 0 unspecified atom stereocenters. The highest BCUT2D eigenvalue weighted by molar-refractivity contribution is 7.92. The van der Waals surface area contributed by atoms with Crippen LogP contribution < -0.4 is 9.03 Å². The summed E-state index contributed by atoms with van der Waals surface area (Å²) >= 11 is 6.45. The van der Waals surface area contributed by atoms with Gasteiger partial charge in [-0.25, -0.2) is 4.98 Å². The van der Waals surface area contributed by atoms with Gasteiger partial charge < -0.3 is 4.57 Å². The van der Waals surface area contributed by atoms with Gasteiger partial charge in [-0.2, -0.15) is 30.6 Å². The van der Waals surface area contributed by atoms with Gasteiger partial charge in [0.15, 0.2) is 0 Å². The number of benzene rings is 4.